The van der Waals surface area contributed by atoms with Gasteiger partial charge < -0.3 is 15.4 Å². The first kappa shape index (κ1) is 16.4. The van der Waals surface area contributed by atoms with Crippen LogP contribution in [0.4, 0.5) is 4.39 Å². The molecule has 0 saturated carbocycles. The molecule has 1 heterocycles. The number of para-hydroxylation sites is 1. The first-order valence-corrected chi connectivity index (χ1v) is 7.55. The number of halogens is 1. The number of amides is 1. The van der Waals surface area contributed by atoms with Crippen LogP contribution in [0.5, 0.6) is 0 Å². The number of aliphatic hydroxyl groups is 1. The molecule has 1 atom stereocenters. The highest BCUT2D eigenvalue weighted by molar-refractivity contribution is 5.77. The molecule has 120 valence electrons. The van der Waals surface area contributed by atoms with Crippen LogP contribution >= 0.6 is 0 Å². The fraction of sp³-hybridized carbons (Fsp3) is 0.500. The van der Waals surface area contributed by atoms with Gasteiger partial charge in [-0.15, -0.1) is 0 Å². The van der Waals surface area contributed by atoms with Crippen LogP contribution in [-0.2, 0) is 11.2 Å². The monoisotopic (exact) mass is 307 g/mol. The molecule has 0 spiro atoms. The maximum atomic E-state index is 13.5. The largest absolute Gasteiger partial charge is 0.393 e. The first-order chi connectivity index (χ1) is 10.5. The number of aliphatic hydroxyl groups excluding tert-OH is 1. The lowest BCUT2D eigenvalue weighted by Crippen LogP contribution is -2.28. The number of benzene rings is 1. The van der Waals surface area contributed by atoms with E-state index in [2.05, 4.69) is 15.3 Å². The molecular weight excluding hydrogens is 285 g/mol. The van der Waals surface area contributed by atoms with Crippen LogP contribution < -0.4 is 5.32 Å². The van der Waals surface area contributed by atoms with Crippen molar-refractivity contribution in [2.24, 2.45) is 5.92 Å². The van der Waals surface area contributed by atoms with Crippen LogP contribution in [0.1, 0.15) is 32.5 Å². The molecule has 0 fully saturated rings. The quantitative estimate of drug-likeness (QED) is 0.733. The van der Waals surface area contributed by atoms with Gasteiger partial charge in [0.25, 0.3) is 0 Å². The summed E-state index contributed by atoms with van der Waals surface area (Å²) in [5, 5.41) is 12.4. The van der Waals surface area contributed by atoms with E-state index in [1.165, 1.54) is 6.07 Å². The second-order valence-electron chi connectivity index (χ2n) is 5.77. The lowest BCUT2D eigenvalue weighted by atomic mass is 10.0. The molecule has 2 rings (SSSR count). The molecule has 5 nitrogen and oxygen atoms in total. The summed E-state index contributed by atoms with van der Waals surface area (Å²) in [6.07, 6.45) is 0.837. The van der Waals surface area contributed by atoms with Crippen molar-refractivity contribution in [2.75, 3.05) is 6.54 Å². The topological polar surface area (TPSA) is 78.0 Å². The summed E-state index contributed by atoms with van der Waals surface area (Å²) in [6, 6.07) is 4.73. The van der Waals surface area contributed by atoms with Crippen molar-refractivity contribution in [3.8, 4) is 0 Å². The Morgan fingerprint density at radius 1 is 1.45 bits per heavy atom. The number of nitrogens with one attached hydrogen (secondary N) is 2. The number of hydrogen-bond donors (Lipinski definition) is 3. The summed E-state index contributed by atoms with van der Waals surface area (Å²) in [7, 11) is 0. The van der Waals surface area contributed by atoms with Gasteiger partial charge in [0.15, 0.2) is 5.82 Å². The summed E-state index contributed by atoms with van der Waals surface area (Å²) in [5.41, 5.74) is 0.938. The number of aryl methyl sites for hydroxylation is 1. The maximum Gasteiger partial charge on any atom is 0.220 e. The molecule has 3 N–H and O–H groups in total. The Balaban J connectivity index is 1.79. The number of carbonyl (C=O) groups excluding carboxylic acids is 1. The van der Waals surface area contributed by atoms with Crippen molar-refractivity contribution >= 4 is 16.9 Å². The van der Waals surface area contributed by atoms with E-state index in [9.17, 15) is 14.3 Å². The van der Waals surface area contributed by atoms with Crippen LogP contribution in [0.15, 0.2) is 18.2 Å². The molecule has 1 amide bonds. The van der Waals surface area contributed by atoms with Crippen LogP contribution in [0.2, 0.25) is 0 Å². The molecule has 0 aliphatic rings. The van der Waals surface area contributed by atoms with Crippen LogP contribution in [0.25, 0.3) is 11.0 Å². The molecule has 0 radical (unpaired) electrons. The van der Waals surface area contributed by atoms with Gasteiger partial charge in [0, 0.05) is 19.4 Å². The number of imidazole rings is 1. The molecular formula is C16H22FN3O2. The number of H-pyrrole nitrogens is 1. The molecule has 22 heavy (non-hydrogen) atoms. The van der Waals surface area contributed by atoms with E-state index in [1.807, 2.05) is 13.8 Å². The van der Waals surface area contributed by atoms with Crippen LogP contribution in [0, 0.1) is 11.7 Å². The number of fused-ring (bicyclic) bond motifs is 1. The Labute approximate surface area is 128 Å². The minimum Gasteiger partial charge on any atom is -0.393 e. The standard InChI is InChI=1S/C16H22FN3O2/c1-10(2)13(21)8-9-18-15(22)7-6-14-19-12-5-3-4-11(17)16(12)20-14/h3-5,10,13,21H,6-9H2,1-2H3,(H,18,22)(H,19,20). The SMILES string of the molecule is CC(C)C(O)CCNC(=O)CCc1nc2c(F)cccc2[nH]1. The zero-order valence-electron chi connectivity index (χ0n) is 12.9. The molecule has 0 bridgehead atoms. The van der Waals surface area contributed by atoms with Gasteiger partial charge >= 0.3 is 0 Å². The highest BCUT2D eigenvalue weighted by atomic mass is 19.1. The Kier molecular flexibility index (Phi) is 5.49. The van der Waals surface area contributed by atoms with E-state index in [0.717, 1.165) is 0 Å². The number of nitrogens with zero attached hydrogens (tertiary/aromatic N) is 1. The van der Waals surface area contributed by atoms with E-state index in [-0.39, 0.29) is 24.1 Å². The minimum atomic E-state index is -0.404. The predicted octanol–water partition coefficient (Wildman–Crippen LogP) is 2.16. The van der Waals surface area contributed by atoms with Gasteiger partial charge in [0.05, 0.1) is 11.6 Å². The van der Waals surface area contributed by atoms with Crippen molar-refractivity contribution in [3.05, 3.63) is 29.8 Å². The van der Waals surface area contributed by atoms with Crippen molar-refractivity contribution in [1.82, 2.24) is 15.3 Å². The summed E-state index contributed by atoms with van der Waals surface area (Å²) >= 11 is 0. The van der Waals surface area contributed by atoms with E-state index in [4.69, 9.17) is 0 Å². The Hall–Kier alpha value is -1.95. The fourth-order valence-electron chi connectivity index (χ4n) is 2.18. The second-order valence-corrected chi connectivity index (χ2v) is 5.77. The smallest absolute Gasteiger partial charge is 0.220 e. The summed E-state index contributed by atoms with van der Waals surface area (Å²) in [5.74, 6) is 0.309. The van der Waals surface area contributed by atoms with Crippen molar-refractivity contribution < 1.29 is 14.3 Å². The molecule has 1 aromatic heterocycles. The summed E-state index contributed by atoms with van der Waals surface area (Å²) in [4.78, 5) is 18.9. The average Bonchev–Trinajstić information content (AvgIpc) is 2.89. The molecule has 2 aromatic rings. The zero-order chi connectivity index (χ0) is 16.1. The van der Waals surface area contributed by atoms with E-state index >= 15 is 0 Å². The third-order valence-corrected chi connectivity index (χ3v) is 3.63. The Bertz CT molecular complexity index is 639. The van der Waals surface area contributed by atoms with Crippen molar-refractivity contribution in [1.29, 1.82) is 0 Å². The lowest BCUT2D eigenvalue weighted by Gasteiger charge is -2.14. The van der Waals surface area contributed by atoms with E-state index < -0.39 is 6.10 Å². The number of carbonyl (C=O) groups is 1. The third-order valence-electron chi connectivity index (χ3n) is 3.63. The highest BCUT2D eigenvalue weighted by Crippen LogP contribution is 2.15. The third kappa shape index (κ3) is 4.27. The van der Waals surface area contributed by atoms with Crippen LogP contribution in [-0.4, -0.2) is 33.6 Å². The van der Waals surface area contributed by atoms with Gasteiger partial charge in [0.2, 0.25) is 5.91 Å². The predicted molar refractivity (Wildman–Crippen MR) is 82.8 cm³/mol. The van der Waals surface area contributed by atoms with Gasteiger partial charge in [-0.25, -0.2) is 9.37 Å². The van der Waals surface area contributed by atoms with Crippen molar-refractivity contribution in [3.63, 3.8) is 0 Å². The zero-order valence-corrected chi connectivity index (χ0v) is 12.9. The fourth-order valence-corrected chi connectivity index (χ4v) is 2.18. The molecule has 1 aromatic carbocycles. The Morgan fingerprint density at radius 3 is 2.91 bits per heavy atom. The van der Waals surface area contributed by atoms with Gasteiger partial charge in [-0.1, -0.05) is 19.9 Å². The number of aromatic nitrogens is 2. The summed E-state index contributed by atoms with van der Waals surface area (Å²) < 4.78 is 13.5. The maximum absolute atomic E-state index is 13.5. The molecule has 0 aliphatic carbocycles. The molecule has 1 unspecified atom stereocenters. The van der Waals surface area contributed by atoms with Crippen LogP contribution in [0.3, 0.4) is 0 Å². The molecule has 0 aliphatic heterocycles. The van der Waals surface area contributed by atoms with Gasteiger partial charge in [-0.05, 0) is 24.5 Å². The number of aromatic amines is 1. The highest BCUT2D eigenvalue weighted by Gasteiger charge is 2.11. The minimum absolute atomic E-state index is 0.100. The number of hydrogen-bond acceptors (Lipinski definition) is 3. The average molecular weight is 307 g/mol. The van der Waals surface area contributed by atoms with Gasteiger partial charge in [-0.2, -0.15) is 0 Å². The molecule has 0 saturated heterocycles. The van der Waals surface area contributed by atoms with Crippen molar-refractivity contribution in [2.45, 2.75) is 39.2 Å². The summed E-state index contributed by atoms with van der Waals surface area (Å²) in [6.45, 7) is 4.33. The second kappa shape index (κ2) is 7.35. The molecule has 6 heteroatoms. The lowest BCUT2D eigenvalue weighted by molar-refractivity contribution is -0.121. The first-order valence-electron chi connectivity index (χ1n) is 7.55. The normalized spacial score (nSPS) is 12.8. The Morgan fingerprint density at radius 2 is 2.23 bits per heavy atom. The van der Waals surface area contributed by atoms with E-state index in [0.29, 0.717) is 36.2 Å². The van der Waals surface area contributed by atoms with E-state index in [1.54, 1.807) is 12.1 Å². The van der Waals surface area contributed by atoms with Gasteiger partial charge in [0.1, 0.15) is 11.3 Å². The van der Waals surface area contributed by atoms with Gasteiger partial charge in [-0.3, -0.25) is 4.79 Å². The number of rotatable bonds is 7.